The molecule has 186 valence electrons. The van der Waals surface area contributed by atoms with Crippen molar-refractivity contribution in [1.82, 2.24) is 4.57 Å². The molecule has 0 spiro atoms. The van der Waals surface area contributed by atoms with Gasteiger partial charge in [0.15, 0.2) is 0 Å². The van der Waals surface area contributed by atoms with E-state index in [-0.39, 0.29) is 23.2 Å². The zero-order valence-electron chi connectivity index (χ0n) is 18.7. The second-order valence-electron chi connectivity index (χ2n) is 8.22. The molecule has 1 aliphatic rings. The summed E-state index contributed by atoms with van der Waals surface area (Å²) in [4.78, 5) is -0.0176. The molecular weight excluding hydrogens is 481 g/mol. The van der Waals surface area contributed by atoms with Crippen molar-refractivity contribution >= 4 is 32.3 Å². The Bertz CT molecular complexity index is 1350. The predicted molar refractivity (Wildman–Crippen MR) is 129 cm³/mol. The summed E-state index contributed by atoms with van der Waals surface area (Å²) >= 11 is 0. The molecule has 3 aromatic rings. The van der Waals surface area contributed by atoms with Gasteiger partial charge in [0, 0.05) is 36.0 Å². The number of anilines is 2. The van der Waals surface area contributed by atoms with Crippen molar-refractivity contribution in [3.63, 3.8) is 0 Å². The lowest BCUT2D eigenvalue weighted by molar-refractivity contribution is -0.140. The molecule has 1 aliphatic heterocycles. The summed E-state index contributed by atoms with van der Waals surface area (Å²) in [5.74, 6) is 5.70. The van der Waals surface area contributed by atoms with Gasteiger partial charge in [-0.15, -0.1) is 0 Å². The Morgan fingerprint density at radius 3 is 2.49 bits per heavy atom. The highest BCUT2D eigenvalue weighted by Gasteiger charge is 2.30. The van der Waals surface area contributed by atoms with Crippen molar-refractivity contribution < 1.29 is 26.3 Å². The molecular formula is C24H25F3N4O3S. The third-order valence-corrected chi connectivity index (χ3v) is 6.57. The Balaban J connectivity index is 1.57. The maximum Gasteiger partial charge on any atom is 0.406 e. The van der Waals surface area contributed by atoms with Crippen molar-refractivity contribution in [2.45, 2.75) is 36.5 Å². The number of benzene rings is 2. The topological polar surface area (TPSA) is 98.4 Å². The molecule has 0 amide bonds. The van der Waals surface area contributed by atoms with Crippen LogP contribution in [0.4, 0.5) is 24.5 Å². The molecule has 2 heterocycles. The number of hydrogen-bond donors (Lipinski definition) is 3. The molecule has 0 bridgehead atoms. The highest BCUT2D eigenvalue weighted by Crippen LogP contribution is 2.31. The molecule has 0 unspecified atom stereocenters. The molecule has 2 aromatic carbocycles. The van der Waals surface area contributed by atoms with E-state index in [1.54, 1.807) is 18.2 Å². The van der Waals surface area contributed by atoms with Crippen molar-refractivity contribution in [3.8, 4) is 11.8 Å². The highest BCUT2D eigenvalue weighted by molar-refractivity contribution is 7.89. The smallest absolute Gasteiger partial charge is 0.382 e. The molecule has 0 saturated carbocycles. The fourth-order valence-electron chi connectivity index (χ4n) is 3.97. The van der Waals surface area contributed by atoms with Crippen molar-refractivity contribution in [2.24, 2.45) is 5.14 Å². The number of nitrogens with two attached hydrogens (primary N) is 1. The van der Waals surface area contributed by atoms with Gasteiger partial charge in [-0.1, -0.05) is 12.0 Å². The van der Waals surface area contributed by atoms with E-state index < -0.39 is 22.7 Å². The Kier molecular flexibility index (Phi) is 7.25. The van der Waals surface area contributed by atoms with Gasteiger partial charge in [-0.2, -0.15) is 13.2 Å². The number of hydrogen-bond acceptors (Lipinski definition) is 5. The van der Waals surface area contributed by atoms with E-state index in [4.69, 9.17) is 9.88 Å². The summed E-state index contributed by atoms with van der Waals surface area (Å²) in [5.41, 5.74) is 2.08. The summed E-state index contributed by atoms with van der Waals surface area (Å²) in [6, 6.07) is 12.9. The Hall–Kier alpha value is -3.20. The molecule has 4 N–H and O–H groups in total. The number of sulfonamides is 1. The lowest BCUT2D eigenvalue weighted by Crippen LogP contribution is -2.27. The van der Waals surface area contributed by atoms with E-state index in [1.807, 2.05) is 6.07 Å². The van der Waals surface area contributed by atoms with E-state index in [9.17, 15) is 21.6 Å². The van der Waals surface area contributed by atoms with E-state index in [2.05, 4.69) is 22.5 Å². The SMILES string of the molecule is NS(=O)(=O)c1ccc(NCC#Cc2cc3c(NC4CCOCC4)cccc3n2CC(F)(F)F)cc1. The quantitative estimate of drug-likeness (QED) is 0.441. The number of aromatic nitrogens is 1. The van der Waals surface area contributed by atoms with Crippen LogP contribution in [0.2, 0.25) is 0 Å². The second-order valence-corrected chi connectivity index (χ2v) is 9.79. The zero-order chi connectivity index (χ0) is 25.1. The summed E-state index contributed by atoms with van der Waals surface area (Å²) in [5, 5.41) is 12.2. The molecule has 0 aliphatic carbocycles. The predicted octanol–water partition coefficient (Wildman–Crippen LogP) is 3.91. The van der Waals surface area contributed by atoms with Crippen LogP contribution in [-0.4, -0.2) is 45.0 Å². The van der Waals surface area contributed by atoms with Crippen LogP contribution in [0.25, 0.3) is 10.9 Å². The van der Waals surface area contributed by atoms with E-state index in [1.165, 1.54) is 28.8 Å². The maximum atomic E-state index is 13.4. The summed E-state index contributed by atoms with van der Waals surface area (Å²) in [6.45, 7) is 0.299. The van der Waals surface area contributed by atoms with Crippen LogP contribution < -0.4 is 15.8 Å². The van der Waals surface area contributed by atoms with Gasteiger partial charge in [0.2, 0.25) is 10.0 Å². The molecule has 11 heteroatoms. The number of fused-ring (bicyclic) bond motifs is 1. The Morgan fingerprint density at radius 1 is 1.11 bits per heavy atom. The van der Waals surface area contributed by atoms with Gasteiger partial charge in [-0.05, 0) is 61.2 Å². The first-order valence-electron chi connectivity index (χ1n) is 11.0. The zero-order valence-corrected chi connectivity index (χ0v) is 19.5. The van der Waals surface area contributed by atoms with Gasteiger partial charge in [0.1, 0.15) is 6.54 Å². The van der Waals surface area contributed by atoms with Gasteiger partial charge in [0.25, 0.3) is 0 Å². The number of primary sulfonamides is 1. The average molecular weight is 507 g/mol. The Morgan fingerprint density at radius 2 is 1.83 bits per heavy atom. The number of alkyl halides is 3. The molecule has 7 nitrogen and oxygen atoms in total. The molecule has 4 rings (SSSR count). The number of nitrogens with one attached hydrogen (secondary N) is 2. The third kappa shape index (κ3) is 6.48. The van der Waals surface area contributed by atoms with Gasteiger partial charge in [-0.3, -0.25) is 0 Å². The van der Waals surface area contributed by atoms with Crippen LogP contribution in [0.1, 0.15) is 18.5 Å². The van der Waals surface area contributed by atoms with Crippen LogP contribution in [0.15, 0.2) is 53.4 Å². The van der Waals surface area contributed by atoms with Crippen LogP contribution in [0.5, 0.6) is 0 Å². The summed E-state index contributed by atoms with van der Waals surface area (Å²) in [7, 11) is -3.79. The van der Waals surface area contributed by atoms with E-state index in [0.717, 1.165) is 18.5 Å². The molecule has 35 heavy (non-hydrogen) atoms. The third-order valence-electron chi connectivity index (χ3n) is 5.64. The van der Waals surface area contributed by atoms with Gasteiger partial charge in [0.05, 0.1) is 22.7 Å². The normalized spacial score (nSPS) is 15.0. The summed E-state index contributed by atoms with van der Waals surface area (Å²) in [6.07, 6.45) is -2.75. The first kappa shape index (κ1) is 24.9. The molecule has 0 atom stereocenters. The largest absolute Gasteiger partial charge is 0.406 e. The molecule has 0 radical (unpaired) electrons. The Labute approximate surface area is 201 Å². The number of rotatable bonds is 6. The highest BCUT2D eigenvalue weighted by atomic mass is 32.2. The number of ether oxygens (including phenoxy) is 1. The first-order valence-corrected chi connectivity index (χ1v) is 12.5. The number of nitrogens with zero attached hydrogens (tertiary/aromatic N) is 1. The minimum absolute atomic E-state index is 0.0176. The van der Waals surface area contributed by atoms with Crippen LogP contribution in [0.3, 0.4) is 0 Å². The first-order chi connectivity index (χ1) is 16.6. The van der Waals surface area contributed by atoms with Crippen molar-refractivity contribution in [2.75, 3.05) is 30.4 Å². The monoisotopic (exact) mass is 506 g/mol. The average Bonchev–Trinajstić information content (AvgIpc) is 3.14. The van der Waals surface area contributed by atoms with E-state index >= 15 is 0 Å². The van der Waals surface area contributed by atoms with Gasteiger partial charge >= 0.3 is 6.18 Å². The lowest BCUT2D eigenvalue weighted by atomic mass is 10.1. The van der Waals surface area contributed by atoms with Crippen LogP contribution in [0, 0.1) is 11.8 Å². The lowest BCUT2D eigenvalue weighted by Gasteiger charge is -2.24. The number of halogens is 3. The van der Waals surface area contributed by atoms with Gasteiger partial charge in [-0.25, -0.2) is 13.6 Å². The minimum Gasteiger partial charge on any atom is -0.382 e. The maximum absolute atomic E-state index is 13.4. The molecule has 1 aromatic heterocycles. The molecule has 1 saturated heterocycles. The minimum atomic E-state index is -4.41. The van der Waals surface area contributed by atoms with Crippen LogP contribution >= 0.6 is 0 Å². The fourth-order valence-corrected chi connectivity index (χ4v) is 4.48. The van der Waals surface area contributed by atoms with Gasteiger partial charge < -0.3 is 19.9 Å². The van der Waals surface area contributed by atoms with Crippen molar-refractivity contribution in [3.05, 3.63) is 54.2 Å². The van der Waals surface area contributed by atoms with Crippen LogP contribution in [-0.2, 0) is 21.3 Å². The summed E-state index contributed by atoms with van der Waals surface area (Å²) < 4.78 is 69.3. The standard InChI is InChI=1S/C24H25F3N4O3S/c25-24(26,27)16-31-19(3-2-12-29-17-6-8-20(9-7-17)35(28,32)33)15-21-22(4-1-5-23(21)31)30-18-10-13-34-14-11-18/h1,4-9,15,18,29-30H,10-14,16H2,(H2,28,32,33). The van der Waals surface area contributed by atoms with E-state index in [0.29, 0.717) is 29.8 Å². The molecule has 1 fully saturated rings. The fraction of sp³-hybridized carbons (Fsp3) is 0.333. The van der Waals surface area contributed by atoms with Crippen molar-refractivity contribution in [1.29, 1.82) is 0 Å². The second kappa shape index (κ2) is 10.2.